The van der Waals surface area contributed by atoms with Crippen LogP contribution in [-0.2, 0) is 20.1 Å². The molecule has 0 saturated heterocycles. The van der Waals surface area contributed by atoms with Gasteiger partial charge < -0.3 is 4.74 Å². The van der Waals surface area contributed by atoms with Crippen LogP contribution in [-0.4, -0.2) is 27.3 Å². The molecule has 20 heavy (non-hydrogen) atoms. The van der Waals surface area contributed by atoms with Crippen molar-refractivity contribution in [3.63, 3.8) is 0 Å². The van der Waals surface area contributed by atoms with Crippen LogP contribution in [0.2, 0.25) is 0 Å². The van der Waals surface area contributed by atoms with E-state index in [-0.39, 0.29) is 6.10 Å². The van der Waals surface area contributed by atoms with E-state index in [1.807, 2.05) is 17.9 Å². The van der Waals surface area contributed by atoms with Crippen LogP contribution in [0.5, 0.6) is 5.75 Å². The molecular weight excluding hydrogens is 250 g/mol. The third-order valence-electron chi connectivity index (χ3n) is 3.62. The summed E-state index contributed by atoms with van der Waals surface area (Å²) in [4.78, 5) is 2.42. The molecule has 0 aliphatic carbocycles. The molecule has 0 saturated carbocycles. The summed E-state index contributed by atoms with van der Waals surface area (Å²) in [5, 5.41) is 4.24. The van der Waals surface area contributed by atoms with Gasteiger partial charge in [-0.3, -0.25) is 9.58 Å². The van der Waals surface area contributed by atoms with Crippen LogP contribution in [0.15, 0.2) is 30.6 Å². The molecule has 2 heterocycles. The highest BCUT2D eigenvalue weighted by Crippen LogP contribution is 2.26. The maximum atomic E-state index is 6.02. The molecule has 1 aliphatic heterocycles. The van der Waals surface area contributed by atoms with Crippen LogP contribution in [0.1, 0.15) is 23.6 Å². The van der Waals surface area contributed by atoms with Gasteiger partial charge in [-0.05, 0) is 19.9 Å². The van der Waals surface area contributed by atoms with E-state index in [0.29, 0.717) is 0 Å². The van der Waals surface area contributed by atoms with Gasteiger partial charge >= 0.3 is 0 Å². The van der Waals surface area contributed by atoms with Crippen LogP contribution >= 0.6 is 0 Å². The summed E-state index contributed by atoms with van der Waals surface area (Å²) in [6.07, 6.45) is 4.22. The van der Waals surface area contributed by atoms with Crippen LogP contribution in [0.3, 0.4) is 0 Å². The van der Waals surface area contributed by atoms with Gasteiger partial charge in [-0.2, -0.15) is 5.10 Å². The minimum absolute atomic E-state index is 0.204. The van der Waals surface area contributed by atoms with Gasteiger partial charge in [0.05, 0.1) is 6.20 Å². The molecule has 0 fully saturated rings. The van der Waals surface area contributed by atoms with E-state index in [1.54, 1.807) is 0 Å². The lowest BCUT2D eigenvalue weighted by atomic mass is 10.1. The summed E-state index contributed by atoms with van der Waals surface area (Å²) < 4.78 is 7.87. The fraction of sp³-hybridized carbons (Fsp3) is 0.438. The van der Waals surface area contributed by atoms with Crippen molar-refractivity contribution in [2.75, 3.05) is 6.54 Å². The van der Waals surface area contributed by atoms with Crippen LogP contribution < -0.4 is 4.74 Å². The molecule has 3 rings (SSSR count). The lowest BCUT2D eigenvalue weighted by Crippen LogP contribution is -2.30. The number of aromatic nitrogens is 2. The first-order chi connectivity index (χ1) is 9.60. The first-order valence-electron chi connectivity index (χ1n) is 7.06. The summed E-state index contributed by atoms with van der Waals surface area (Å²) in [5.41, 5.74) is 3.80. The van der Waals surface area contributed by atoms with Crippen molar-refractivity contribution in [1.82, 2.24) is 14.7 Å². The van der Waals surface area contributed by atoms with Gasteiger partial charge in [0.25, 0.3) is 0 Å². The zero-order valence-electron chi connectivity index (χ0n) is 12.3. The number of rotatable bonds is 2. The molecule has 1 aliphatic rings. The van der Waals surface area contributed by atoms with Crippen LogP contribution in [0.4, 0.5) is 0 Å². The van der Waals surface area contributed by atoms with Gasteiger partial charge in [0.2, 0.25) is 0 Å². The predicted octanol–water partition coefficient (Wildman–Crippen LogP) is 2.51. The molecule has 1 aromatic heterocycles. The highest BCUT2D eigenvalue weighted by atomic mass is 16.5. The second-order valence-corrected chi connectivity index (χ2v) is 5.73. The molecule has 2 aromatic rings. The summed E-state index contributed by atoms with van der Waals surface area (Å²) in [5.74, 6) is 1.02. The third-order valence-corrected chi connectivity index (χ3v) is 3.62. The van der Waals surface area contributed by atoms with Crippen LogP contribution in [0.25, 0.3) is 0 Å². The maximum Gasteiger partial charge on any atom is 0.124 e. The zero-order valence-corrected chi connectivity index (χ0v) is 12.3. The second-order valence-electron chi connectivity index (χ2n) is 5.73. The Balaban J connectivity index is 1.82. The monoisotopic (exact) mass is 271 g/mol. The van der Waals surface area contributed by atoms with Crippen molar-refractivity contribution in [3.05, 3.63) is 47.3 Å². The highest BCUT2D eigenvalue weighted by Gasteiger charge is 2.20. The molecule has 1 atom stereocenters. The Labute approximate surface area is 120 Å². The molecule has 0 radical (unpaired) electrons. The number of nitrogens with zero attached hydrogens (tertiary/aromatic N) is 3. The zero-order chi connectivity index (χ0) is 14.1. The Morgan fingerprint density at radius 1 is 1.40 bits per heavy atom. The van der Waals surface area contributed by atoms with Gasteiger partial charge in [0.1, 0.15) is 11.9 Å². The van der Waals surface area contributed by atoms with Crippen molar-refractivity contribution < 1.29 is 4.74 Å². The van der Waals surface area contributed by atoms with Crippen LogP contribution in [0, 0.1) is 6.92 Å². The highest BCUT2D eigenvalue weighted by molar-refractivity contribution is 5.37. The van der Waals surface area contributed by atoms with E-state index >= 15 is 0 Å². The third kappa shape index (κ3) is 2.85. The minimum atomic E-state index is 0.204. The molecule has 0 bridgehead atoms. The van der Waals surface area contributed by atoms with E-state index in [4.69, 9.17) is 4.74 Å². The SMILES string of the molecule is Cc1ccc2c(c1)CN(Cc1cnn(C)c1)CC(C)O2. The Kier molecular flexibility index (Phi) is 3.49. The quantitative estimate of drug-likeness (QED) is 0.841. The molecule has 0 spiro atoms. The number of aryl methyl sites for hydroxylation is 2. The van der Waals surface area contributed by atoms with E-state index in [9.17, 15) is 0 Å². The topological polar surface area (TPSA) is 30.3 Å². The molecule has 1 unspecified atom stereocenters. The lowest BCUT2D eigenvalue weighted by molar-refractivity contribution is 0.156. The number of ether oxygens (including phenoxy) is 1. The molecule has 4 nitrogen and oxygen atoms in total. The van der Waals surface area contributed by atoms with Gasteiger partial charge in [-0.15, -0.1) is 0 Å². The van der Waals surface area contributed by atoms with E-state index in [1.165, 1.54) is 16.7 Å². The van der Waals surface area contributed by atoms with Crippen molar-refractivity contribution in [3.8, 4) is 5.75 Å². The normalized spacial score (nSPS) is 19.2. The van der Waals surface area contributed by atoms with Crippen molar-refractivity contribution in [2.24, 2.45) is 7.05 Å². The standard InChI is InChI=1S/C16H21N3O/c1-12-4-5-16-15(6-12)11-19(8-13(2)20-16)10-14-7-17-18(3)9-14/h4-7,9,13H,8,10-11H2,1-3H3. The number of benzene rings is 1. The first kappa shape index (κ1) is 13.2. The van der Waals surface area contributed by atoms with Gasteiger partial charge in [-0.25, -0.2) is 0 Å². The van der Waals surface area contributed by atoms with E-state index in [0.717, 1.165) is 25.4 Å². The molecular formula is C16H21N3O. The largest absolute Gasteiger partial charge is 0.489 e. The van der Waals surface area contributed by atoms with Gasteiger partial charge in [-0.1, -0.05) is 17.7 Å². The lowest BCUT2D eigenvalue weighted by Gasteiger charge is -2.21. The predicted molar refractivity (Wildman–Crippen MR) is 78.6 cm³/mol. The van der Waals surface area contributed by atoms with E-state index in [2.05, 4.69) is 48.2 Å². The summed E-state index contributed by atoms with van der Waals surface area (Å²) in [7, 11) is 1.95. The Bertz CT molecular complexity index is 606. The molecule has 4 heteroatoms. The molecule has 106 valence electrons. The number of hydrogen-bond donors (Lipinski definition) is 0. The van der Waals surface area contributed by atoms with Crippen molar-refractivity contribution in [1.29, 1.82) is 0 Å². The maximum absolute atomic E-state index is 6.02. The van der Waals surface area contributed by atoms with Gasteiger partial charge in [0, 0.05) is 44.0 Å². The first-order valence-corrected chi connectivity index (χ1v) is 7.06. The Hall–Kier alpha value is -1.81. The van der Waals surface area contributed by atoms with E-state index < -0.39 is 0 Å². The van der Waals surface area contributed by atoms with Crippen molar-refractivity contribution >= 4 is 0 Å². The fourth-order valence-corrected chi connectivity index (χ4v) is 2.80. The fourth-order valence-electron chi connectivity index (χ4n) is 2.80. The van der Waals surface area contributed by atoms with Gasteiger partial charge in [0.15, 0.2) is 0 Å². The second kappa shape index (κ2) is 5.29. The smallest absolute Gasteiger partial charge is 0.124 e. The molecule has 0 N–H and O–H groups in total. The summed E-state index contributed by atoms with van der Waals surface area (Å²) in [6.45, 7) is 7.03. The number of fused-ring (bicyclic) bond motifs is 1. The Morgan fingerprint density at radius 2 is 2.25 bits per heavy atom. The Morgan fingerprint density at radius 3 is 3.00 bits per heavy atom. The molecule has 1 aromatic carbocycles. The average Bonchev–Trinajstić information content (AvgIpc) is 2.70. The van der Waals surface area contributed by atoms with Crippen molar-refractivity contribution in [2.45, 2.75) is 33.0 Å². The minimum Gasteiger partial charge on any atom is -0.489 e. The average molecular weight is 271 g/mol. The molecule has 0 amide bonds. The summed E-state index contributed by atoms with van der Waals surface area (Å²) >= 11 is 0. The summed E-state index contributed by atoms with van der Waals surface area (Å²) in [6, 6.07) is 6.43. The number of hydrogen-bond acceptors (Lipinski definition) is 3.